The minimum atomic E-state index is -0.976. The SMILES string of the molecule is CC(C)(C)N(CC(=O)O)C(=O)CCCc1ccccc1. The zero-order valence-corrected chi connectivity index (χ0v) is 12.4. The molecule has 0 aliphatic rings. The molecule has 4 nitrogen and oxygen atoms in total. The number of carbonyl (C=O) groups excluding carboxylic acids is 1. The lowest BCUT2D eigenvalue weighted by atomic mass is 10.0. The Kier molecular flexibility index (Phi) is 5.74. The maximum Gasteiger partial charge on any atom is 0.323 e. The van der Waals surface area contributed by atoms with E-state index in [-0.39, 0.29) is 12.5 Å². The van der Waals surface area contributed by atoms with Crippen LogP contribution in [0.5, 0.6) is 0 Å². The fourth-order valence-electron chi connectivity index (χ4n) is 2.06. The van der Waals surface area contributed by atoms with Crippen LogP contribution in [0.3, 0.4) is 0 Å². The van der Waals surface area contributed by atoms with Crippen LogP contribution in [-0.4, -0.2) is 34.0 Å². The van der Waals surface area contributed by atoms with Crippen molar-refractivity contribution < 1.29 is 14.7 Å². The van der Waals surface area contributed by atoms with Crippen molar-refractivity contribution in [1.29, 1.82) is 0 Å². The van der Waals surface area contributed by atoms with Gasteiger partial charge in [-0.3, -0.25) is 9.59 Å². The van der Waals surface area contributed by atoms with E-state index in [1.165, 1.54) is 10.5 Å². The number of hydrogen-bond acceptors (Lipinski definition) is 2. The van der Waals surface area contributed by atoms with Crippen LogP contribution in [0.1, 0.15) is 39.2 Å². The maximum atomic E-state index is 12.2. The summed E-state index contributed by atoms with van der Waals surface area (Å²) in [6.45, 7) is 5.31. The molecular formula is C16H23NO3. The highest BCUT2D eigenvalue weighted by atomic mass is 16.4. The number of amides is 1. The summed E-state index contributed by atoms with van der Waals surface area (Å²) in [4.78, 5) is 24.5. The Hall–Kier alpha value is -1.84. The quantitative estimate of drug-likeness (QED) is 0.869. The van der Waals surface area contributed by atoms with Crippen LogP contribution in [0.25, 0.3) is 0 Å². The number of rotatable bonds is 6. The number of aliphatic carboxylic acids is 1. The van der Waals surface area contributed by atoms with E-state index in [2.05, 4.69) is 0 Å². The Morgan fingerprint density at radius 3 is 2.25 bits per heavy atom. The average Bonchev–Trinajstić information content (AvgIpc) is 2.35. The van der Waals surface area contributed by atoms with E-state index in [1.807, 2.05) is 51.1 Å². The normalized spacial score (nSPS) is 11.2. The highest BCUT2D eigenvalue weighted by Crippen LogP contribution is 2.16. The van der Waals surface area contributed by atoms with Crippen molar-refractivity contribution in [1.82, 2.24) is 4.90 Å². The Balaban J connectivity index is 2.52. The van der Waals surface area contributed by atoms with Gasteiger partial charge in [0.1, 0.15) is 6.54 Å². The number of hydrogen-bond donors (Lipinski definition) is 1. The largest absolute Gasteiger partial charge is 0.480 e. The lowest BCUT2D eigenvalue weighted by molar-refractivity contribution is -0.148. The van der Waals surface area contributed by atoms with Gasteiger partial charge in [-0.2, -0.15) is 0 Å². The van der Waals surface area contributed by atoms with Gasteiger partial charge in [0, 0.05) is 12.0 Å². The zero-order chi connectivity index (χ0) is 15.2. The molecule has 1 aromatic carbocycles. The molecule has 4 heteroatoms. The minimum Gasteiger partial charge on any atom is -0.480 e. The lowest BCUT2D eigenvalue weighted by Crippen LogP contribution is -2.48. The lowest BCUT2D eigenvalue weighted by Gasteiger charge is -2.34. The van der Waals surface area contributed by atoms with Gasteiger partial charge in [-0.15, -0.1) is 0 Å². The van der Waals surface area contributed by atoms with Gasteiger partial charge in [-0.25, -0.2) is 0 Å². The fraction of sp³-hybridized carbons (Fsp3) is 0.500. The molecule has 0 saturated carbocycles. The summed E-state index contributed by atoms with van der Waals surface area (Å²) in [7, 11) is 0. The summed E-state index contributed by atoms with van der Waals surface area (Å²) in [6.07, 6.45) is 1.94. The van der Waals surface area contributed by atoms with Crippen molar-refractivity contribution in [3.63, 3.8) is 0 Å². The van der Waals surface area contributed by atoms with Crippen LogP contribution in [0.2, 0.25) is 0 Å². The van der Waals surface area contributed by atoms with Crippen molar-refractivity contribution in [3.05, 3.63) is 35.9 Å². The molecule has 0 aliphatic heterocycles. The molecule has 0 aliphatic carbocycles. The Labute approximate surface area is 120 Å². The Bertz CT molecular complexity index is 449. The summed E-state index contributed by atoms with van der Waals surface area (Å²) in [6, 6.07) is 9.97. The second-order valence-electron chi connectivity index (χ2n) is 5.88. The molecule has 0 unspecified atom stereocenters. The molecule has 0 heterocycles. The standard InChI is InChI=1S/C16H23NO3/c1-16(2,3)17(12-15(19)20)14(18)11-7-10-13-8-5-4-6-9-13/h4-6,8-9H,7,10-12H2,1-3H3,(H,19,20). The summed E-state index contributed by atoms with van der Waals surface area (Å²) < 4.78 is 0. The van der Waals surface area contributed by atoms with Crippen molar-refractivity contribution >= 4 is 11.9 Å². The molecule has 1 rings (SSSR count). The molecule has 110 valence electrons. The number of benzene rings is 1. The topological polar surface area (TPSA) is 57.6 Å². The third-order valence-corrected chi connectivity index (χ3v) is 3.10. The van der Waals surface area contributed by atoms with Gasteiger partial charge in [-0.05, 0) is 39.2 Å². The zero-order valence-electron chi connectivity index (χ0n) is 12.4. The van der Waals surface area contributed by atoms with Crippen LogP contribution >= 0.6 is 0 Å². The minimum absolute atomic E-state index is 0.101. The molecule has 0 aromatic heterocycles. The molecule has 1 amide bonds. The van der Waals surface area contributed by atoms with Gasteiger partial charge in [0.05, 0.1) is 0 Å². The number of aryl methyl sites for hydroxylation is 1. The Morgan fingerprint density at radius 1 is 1.15 bits per heavy atom. The van der Waals surface area contributed by atoms with E-state index in [0.29, 0.717) is 6.42 Å². The molecular weight excluding hydrogens is 254 g/mol. The van der Waals surface area contributed by atoms with E-state index in [4.69, 9.17) is 5.11 Å². The summed E-state index contributed by atoms with van der Waals surface area (Å²) in [5, 5.41) is 8.91. The first-order chi connectivity index (χ1) is 9.30. The number of carboxylic acids is 1. The van der Waals surface area contributed by atoms with Crippen LogP contribution in [0.4, 0.5) is 0 Å². The van der Waals surface area contributed by atoms with Crippen LogP contribution in [0, 0.1) is 0 Å². The predicted molar refractivity (Wildman–Crippen MR) is 78.5 cm³/mol. The molecule has 0 fully saturated rings. The third-order valence-electron chi connectivity index (χ3n) is 3.10. The first-order valence-electron chi connectivity index (χ1n) is 6.87. The fourth-order valence-corrected chi connectivity index (χ4v) is 2.06. The van der Waals surface area contributed by atoms with Crippen molar-refractivity contribution in [2.24, 2.45) is 0 Å². The van der Waals surface area contributed by atoms with Gasteiger partial charge >= 0.3 is 5.97 Å². The van der Waals surface area contributed by atoms with Gasteiger partial charge in [0.25, 0.3) is 0 Å². The molecule has 0 atom stereocenters. The van der Waals surface area contributed by atoms with E-state index in [1.54, 1.807) is 0 Å². The molecule has 0 saturated heterocycles. The maximum absolute atomic E-state index is 12.2. The second kappa shape index (κ2) is 7.08. The van der Waals surface area contributed by atoms with Crippen molar-refractivity contribution in [3.8, 4) is 0 Å². The van der Waals surface area contributed by atoms with E-state index >= 15 is 0 Å². The van der Waals surface area contributed by atoms with Crippen molar-refractivity contribution in [2.45, 2.75) is 45.6 Å². The number of nitrogens with zero attached hydrogens (tertiary/aromatic N) is 1. The van der Waals surface area contributed by atoms with Gasteiger partial charge in [0.15, 0.2) is 0 Å². The molecule has 0 radical (unpaired) electrons. The summed E-state index contributed by atoms with van der Waals surface area (Å²) in [5.74, 6) is -1.08. The van der Waals surface area contributed by atoms with Gasteiger partial charge in [0.2, 0.25) is 5.91 Å². The average molecular weight is 277 g/mol. The van der Waals surface area contributed by atoms with Crippen LogP contribution in [-0.2, 0) is 16.0 Å². The second-order valence-corrected chi connectivity index (χ2v) is 5.88. The Morgan fingerprint density at radius 2 is 1.75 bits per heavy atom. The molecule has 1 aromatic rings. The number of carbonyl (C=O) groups is 2. The monoisotopic (exact) mass is 277 g/mol. The molecule has 0 bridgehead atoms. The van der Waals surface area contributed by atoms with E-state index in [0.717, 1.165) is 12.8 Å². The van der Waals surface area contributed by atoms with Crippen molar-refractivity contribution in [2.75, 3.05) is 6.54 Å². The van der Waals surface area contributed by atoms with E-state index in [9.17, 15) is 9.59 Å². The van der Waals surface area contributed by atoms with Crippen LogP contribution in [0.15, 0.2) is 30.3 Å². The third kappa shape index (κ3) is 5.43. The highest BCUT2D eigenvalue weighted by molar-refractivity contribution is 5.82. The van der Waals surface area contributed by atoms with Crippen LogP contribution < -0.4 is 0 Å². The molecule has 20 heavy (non-hydrogen) atoms. The molecule has 0 spiro atoms. The predicted octanol–water partition coefficient (Wildman–Crippen LogP) is 2.72. The molecule has 1 N–H and O–H groups in total. The van der Waals surface area contributed by atoms with Gasteiger partial charge in [-0.1, -0.05) is 30.3 Å². The smallest absolute Gasteiger partial charge is 0.323 e. The first-order valence-corrected chi connectivity index (χ1v) is 6.87. The van der Waals surface area contributed by atoms with E-state index < -0.39 is 11.5 Å². The van der Waals surface area contributed by atoms with Gasteiger partial charge < -0.3 is 10.0 Å². The first kappa shape index (κ1) is 16.2. The number of carboxylic acid groups (broad SMARTS) is 1. The summed E-state index contributed by atoms with van der Waals surface area (Å²) in [5.41, 5.74) is 0.725. The summed E-state index contributed by atoms with van der Waals surface area (Å²) >= 11 is 0. The highest BCUT2D eigenvalue weighted by Gasteiger charge is 2.27.